The average molecular weight is 389 g/mol. The van der Waals surface area contributed by atoms with E-state index in [9.17, 15) is 28.7 Å². The number of fused-ring (bicyclic) bond motifs is 2. The van der Waals surface area contributed by atoms with Crippen LogP contribution in [0, 0.1) is 17.8 Å². The van der Waals surface area contributed by atoms with Crippen LogP contribution in [0.25, 0.3) is 0 Å². The first-order chi connectivity index (χ1) is 12.6. The smallest absolute Gasteiger partial charge is 0.465 e. The van der Waals surface area contributed by atoms with Gasteiger partial charge in [-0.05, 0) is 26.2 Å². The van der Waals surface area contributed by atoms with Gasteiger partial charge in [-0.25, -0.2) is 18.8 Å². The van der Waals surface area contributed by atoms with Crippen molar-refractivity contribution in [2.45, 2.75) is 51.3 Å². The molecule has 2 saturated carbocycles. The van der Waals surface area contributed by atoms with Crippen molar-refractivity contribution in [3.05, 3.63) is 0 Å². The molecule has 6 atom stereocenters. The zero-order valence-electron chi connectivity index (χ0n) is 14.9. The van der Waals surface area contributed by atoms with Gasteiger partial charge in [0, 0.05) is 12.8 Å². The van der Waals surface area contributed by atoms with E-state index in [1.165, 1.54) is 6.92 Å². The number of esters is 2. The molecule has 1 N–H and O–H groups in total. The van der Waals surface area contributed by atoms with E-state index in [1.54, 1.807) is 13.8 Å². The van der Waals surface area contributed by atoms with Crippen LogP contribution in [-0.2, 0) is 28.5 Å². The summed E-state index contributed by atoms with van der Waals surface area (Å²) in [5, 5.41) is 9.29. The lowest BCUT2D eigenvalue weighted by Crippen LogP contribution is -2.58. The molecule has 3 aliphatic rings. The number of hydrogen-bond acceptors (Lipinski definition) is 8. The van der Waals surface area contributed by atoms with Crippen LogP contribution in [0.5, 0.6) is 0 Å². The number of carbonyl (C=O) groups excluding carboxylic acids is 3. The van der Waals surface area contributed by atoms with Crippen molar-refractivity contribution in [1.82, 2.24) is 4.90 Å². The number of hydrogen-bond donors (Lipinski definition) is 1. The third-order valence-corrected chi connectivity index (χ3v) is 5.11. The van der Waals surface area contributed by atoms with Crippen LogP contribution in [0.3, 0.4) is 0 Å². The van der Waals surface area contributed by atoms with Crippen molar-refractivity contribution >= 4 is 24.2 Å². The Morgan fingerprint density at radius 1 is 1.26 bits per heavy atom. The molecule has 6 unspecified atom stereocenters. The standard InChI is InChI=1S/C16H20FNO9/c1-6(2)25-15(23)27-7(3)26-12(19)10-8-4-9(17)16(11(8)10)13(20)24-5-18(16)14(21)22/h6-11H,4-5H2,1-3H3,(H,21,22). The number of cyclic esters (lactones) is 1. The number of ether oxygens (including phenoxy) is 4. The largest absolute Gasteiger partial charge is 0.511 e. The van der Waals surface area contributed by atoms with Gasteiger partial charge in [-0.1, -0.05) is 0 Å². The highest BCUT2D eigenvalue weighted by Crippen LogP contribution is 2.66. The van der Waals surface area contributed by atoms with E-state index in [4.69, 9.17) is 18.9 Å². The molecule has 150 valence electrons. The van der Waals surface area contributed by atoms with Crippen LogP contribution in [-0.4, -0.2) is 65.0 Å². The molecule has 27 heavy (non-hydrogen) atoms. The summed E-state index contributed by atoms with van der Waals surface area (Å²) in [5.41, 5.74) is -2.03. The number of rotatable bonds is 4. The van der Waals surface area contributed by atoms with Crippen molar-refractivity contribution in [3.63, 3.8) is 0 Å². The Labute approximate surface area is 153 Å². The monoisotopic (exact) mass is 389 g/mol. The lowest BCUT2D eigenvalue weighted by molar-refractivity contribution is -0.172. The maximum atomic E-state index is 14.6. The fourth-order valence-electron chi connectivity index (χ4n) is 4.12. The van der Waals surface area contributed by atoms with Gasteiger partial charge in [-0.15, -0.1) is 0 Å². The number of nitrogens with zero attached hydrogens (tertiary/aromatic N) is 1. The molecule has 0 aromatic rings. The van der Waals surface area contributed by atoms with Gasteiger partial charge in [0.2, 0.25) is 6.29 Å². The number of alkyl halides is 1. The molecule has 1 heterocycles. The second-order valence-corrected chi connectivity index (χ2v) is 7.05. The topological polar surface area (TPSA) is 129 Å². The second-order valence-electron chi connectivity index (χ2n) is 7.05. The Morgan fingerprint density at radius 2 is 1.93 bits per heavy atom. The number of halogens is 1. The predicted molar refractivity (Wildman–Crippen MR) is 81.8 cm³/mol. The number of carboxylic acid groups (broad SMARTS) is 1. The summed E-state index contributed by atoms with van der Waals surface area (Å²) in [4.78, 5) is 48.0. The Balaban J connectivity index is 1.67. The third-order valence-electron chi connectivity index (χ3n) is 5.11. The molecule has 1 aliphatic heterocycles. The summed E-state index contributed by atoms with van der Waals surface area (Å²) in [6.45, 7) is 3.95. The van der Waals surface area contributed by atoms with Crippen LogP contribution in [0.15, 0.2) is 0 Å². The van der Waals surface area contributed by atoms with Crippen LogP contribution in [0.4, 0.5) is 14.0 Å². The first-order valence-electron chi connectivity index (χ1n) is 8.50. The van der Waals surface area contributed by atoms with Gasteiger partial charge in [0.25, 0.3) is 0 Å². The first kappa shape index (κ1) is 19.2. The van der Waals surface area contributed by atoms with E-state index in [0.717, 1.165) is 0 Å². The molecule has 2 aliphatic carbocycles. The van der Waals surface area contributed by atoms with E-state index < -0.39 is 72.8 Å². The normalized spacial score (nSPS) is 34.9. The van der Waals surface area contributed by atoms with E-state index in [0.29, 0.717) is 4.90 Å². The summed E-state index contributed by atoms with van der Waals surface area (Å²) in [6, 6.07) is 0. The van der Waals surface area contributed by atoms with Crippen LogP contribution in [0.1, 0.15) is 27.2 Å². The van der Waals surface area contributed by atoms with Gasteiger partial charge in [-0.3, -0.25) is 9.69 Å². The van der Waals surface area contributed by atoms with Gasteiger partial charge in [0.05, 0.1) is 12.0 Å². The summed E-state index contributed by atoms with van der Waals surface area (Å²) in [7, 11) is 0. The maximum absolute atomic E-state index is 14.6. The SMILES string of the molecule is CC(C)OC(=O)OC(C)OC(=O)C1C2CC(F)C3(C(=O)OCN3C(=O)O)C21. The molecule has 3 rings (SSSR count). The minimum atomic E-state index is -2.03. The van der Waals surface area contributed by atoms with E-state index >= 15 is 0 Å². The Morgan fingerprint density at radius 3 is 2.52 bits per heavy atom. The lowest BCUT2D eigenvalue weighted by atomic mass is 9.88. The van der Waals surface area contributed by atoms with E-state index in [-0.39, 0.29) is 6.42 Å². The van der Waals surface area contributed by atoms with E-state index in [1.807, 2.05) is 0 Å². The molecular formula is C16H20FNO9. The molecule has 11 heteroatoms. The van der Waals surface area contributed by atoms with Crippen molar-refractivity contribution in [3.8, 4) is 0 Å². The van der Waals surface area contributed by atoms with Gasteiger partial charge in [-0.2, -0.15) is 0 Å². The highest BCUT2D eigenvalue weighted by molar-refractivity contribution is 5.92. The molecule has 1 saturated heterocycles. The second kappa shape index (κ2) is 6.54. The zero-order valence-corrected chi connectivity index (χ0v) is 14.9. The van der Waals surface area contributed by atoms with E-state index in [2.05, 4.69) is 0 Å². The highest BCUT2D eigenvalue weighted by Gasteiger charge is 2.81. The van der Waals surface area contributed by atoms with Gasteiger partial charge in [0.15, 0.2) is 12.3 Å². The van der Waals surface area contributed by atoms with Crippen molar-refractivity contribution in [2.24, 2.45) is 17.8 Å². The fourth-order valence-corrected chi connectivity index (χ4v) is 4.12. The Kier molecular flexibility index (Phi) is 4.64. The Hall–Kier alpha value is -2.59. The summed E-state index contributed by atoms with van der Waals surface area (Å²) in [6.07, 6.45) is -6.12. The molecular weight excluding hydrogens is 369 g/mol. The fraction of sp³-hybridized carbons (Fsp3) is 0.750. The summed E-state index contributed by atoms with van der Waals surface area (Å²) >= 11 is 0. The minimum Gasteiger partial charge on any atom is -0.465 e. The summed E-state index contributed by atoms with van der Waals surface area (Å²) in [5.74, 6) is -4.09. The molecule has 1 spiro atoms. The average Bonchev–Trinajstić information content (AvgIpc) is 3.00. The van der Waals surface area contributed by atoms with Gasteiger partial charge in [0.1, 0.15) is 6.17 Å². The quantitative estimate of drug-likeness (QED) is 0.429. The maximum Gasteiger partial charge on any atom is 0.511 e. The predicted octanol–water partition coefficient (Wildman–Crippen LogP) is 1.27. The molecule has 0 aromatic carbocycles. The number of carbonyl (C=O) groups is 4. The molecule has 10 nitrogen and oxygen atoms in total. The highest BCUT2D eigenvalue weighted by atomic mass is 19.1. The molecule has 0 radical (unpaired) electrons. The van der Waals surface area contributed by atoms with Gasteiger partial charge >= 0.3 is 24.2 Å². The van der Waals surface area contributed by atoms with Gasteiger partial charge < -0.3 is 24.1 Å². The zero-order chi connectivity index (χ0) is 20.1. The molecule has 0 aromatic heterocycles. The Bertz CT molecular complexity index is 683. The minimum absolute atomic E-state index is 0.159. The molecule has 0 bridgehead atoms. The van der Waals surface area contributed by atoms with Crippen molar-refractivity contribution in [1.29, 1.82) is 0 Å². The molecule has 3 fully saturated rings. The van der Waals surface area contributed by atoms with Crippen molar-refractivity contribution in [2.75, 3.05) is 6.73 Å². The lowest BCUT2D eigenvalue weighted by Gasteiger charge is -2.32. The number of amides is 1. The van der Waals surface area contributed by atoms with Crippen LogP contribution >= 0.6 is 0 Å². The first-order valence-corrected chi connectivity index (χ1v) is 8.50. The third kappa shape index (κ3) is 2.94. The van der Waals surface area contributed by atoms with Crippen LogP contribution in [0.2, 0.25) is 0 Å². The van der Waals surface area contributed by atoms with Crippen LogP contribution < -0.4 is 0 Å². The van der Waals surface area contributed by atoms with Crippen molar-refractivity contribution < 1.29 is 47.6 Å². The molecule has 1 amide bonds. The summed E-state index contributed by atoms with van der Waals surface area (Å²) < 4.78 is 33.9.